The van der Waals surface area contributed by atoms with Gasteiger partial charge in [-0.1, -0.05) is 140 Å². The summed E-state index contributed by atoms with van der Waals surface area (Å²) in [5, 5.41) is 5.13. The lowest BCUT2D eigenvalue weighted by Crippen LogP contribution is -2.35. The molecule has 0 N–H and O–H groups in total. The van der Waals surface area contributed by atoms with Crippen LogP contribution < -0.4 is 0 Å². The van der Waals surface area contributed by atoms with Crippen LogP contribution >= 0.6 is 11.3 Å². The quantitative estimate of drug-likeness (QED) is 0.179. The van der Waals surface area contributed by atoms with Gasteiger partial charge in [-0.2, -0.15) is 0 Å². The van der Waals surface area contributed by atoms with E-state index in [1.54, 1.807) is 0 Å². The van der Waals surface area contributed by atoms with Gasteiger partial charge in [0.15, 0.2) is 5.84 Å². The molecule has 0 spiro atoms. The van der Waals surface area contributed by atoms with Crippen molar-refractivity contribution >= 4 is 65.0 Å². The smallest absolute Gasteiger partial charge is 0.159 e. The Labute approximate surface area is 299 Å². The SMILES string of the molecule is CN1C(c2ccccc2)=NC(c2ccccc2)=NC1c1ccc(-n2c3ccccc3c3ccc(-c4cccc5c4sc4ccccc45)cc32)cc1. The molecule has 5 heteroatoms. The van der Waals surface area contributed by atoms with E-state index in [4.69, 9.17) is 9.98 Å². The molecule has 1 atom stereocenters. The van der Waals surface area contributed by atoms with Crippen molar-refractivity contribution in [2.45, 2.75) is 6.17 Å². The van der Waals surface area contributed by atoms with Crippen molar-refractivity contribution in [2.24, 2.45) is 9.98 Å². The zero-order chi connectivity index (χ0) is 33.9. The van der Waals surface area contributed by atoms with Gasteiger partial charge in [-0.15, -0.1) is 11.3 Å². The Hall–Kier alpha value is -6.30. The summed E-state index contributed by atoms with van der Waals surface area (Å²) in [5.74, 6) is 1.65. The van der Waals surface area contributed by atoms with Crippen LogP contribution in [-0.2, 0) is 0 Å². The summed E-state index contributed by atoms with van der Waals surface area (Å²) in [7, 11) is 2.08. The largest absolute Gasteiger partial charge is 0.333 e. The summed E-state index contributed by atoms with van der Waals surface area (Å²) in [4.78, 5) is 12.4. The van der Waals surface area contributed by atoms with E-state index in [1.165, 1.54) is 53.1 Å². The Morgan fingerprint density at radius 3 is 2.00 bits per heavy atom. The third kappa shape index (κ3) is 4.89. The summed E-state index contributed by atoms with van der Waals surface area (Å²) in [6, 6.07) is 60.7. The minimum Gasteiger partial charge on any atom is -0.333 e. The minimum atomic E-state index is -0.228. The van der Waals surface area contributed by atoms with E-state index in [0.717, 1.165) is 34.0 Å². The molecule has 0 saturated carbocycles. The molecule has 2 aromatic heterocycles. The van der Waals surface area contributed by atoms with Crippen molar-refractivity contribution in [1.29, 1.82) is 0 Å². The molecule has 0 radical (unpaired) electrons. The number of para-hydroxylation sites is 1. The third-order valence-corrected chi connectivity index (χ3v) is 11.3. The van der Waals surface area contributed by atoms with Gasteiger partial charge >= 0.3 is 0 Å². The van der Waals surface area contributed by atoms with Crippen molar-refractivity contribution in [3.8, 4) is 16.8 Å². The van der Waals surface area contributed by atoms with Gasteiger partial charge in [-0.25, -0.2) is 9.98 Å². The number of nitrogens with zero attached hydrogens (tertiary/aromatic N) is 4. The summed E-state index contributed by atoms with van der Waals surface area (Å²) in [6.07, 6.45) is -0.228. The fourth-order valence-corrected chi connectivity index (χ4v) is 8.83. The van der Waals surface area contributed by atoms with Gasteiger partial charge in [0.1, 0.15) is 12.0 Å². The Morgan fingerprint density at radius 2 is 1.20 bits per heavy atom. The lowest BCUT2D eigenvalue weighted by atomic mass is 10.0. The topological polar surface area (TPSA) is 32.9 Å². The molecule has 7 aromatic carbocycles. The lowest BCUT2D eigenvalue weighted by Gasteiger charge is -2.32. The Balaban J connectivity index is 1.09. The summed E-state index contributed by atoms with van der Waals surface area (Å²) in [5.41, 5.74) is 9.17. The highest BCUT2D eigenvalue weighted by molar-refractivity contribution is 7.26. The van der Waals surface area contributed by atoms with E-state index in [2.05, 4.69) is 162 Å². The maximum Gasteiger partial charge on any atom is 0.159 e. The van der Waals surface area contributed by atoms with Crippen molar-refractivity contribution in [3.05, 3.63) is 187 Å². The molecule has 0 fully saturated rings. The number of hydrogen-bond acceptors (Lipinski definition) is 4. The highest BCUT2D eigenvalue weighted by atomic mass is 32.1. The fourth-order valence-electron chi connectivity index (χ4n) is 7.59. The molecule has 9 aromatic rings. The van der Waals surface area contributed by atoms with Crippen LogP contribution in [0.5, 0.6) is 0 Å². The fraction of sp³-hybridized carbons (Fsp3) is 0.0435. The van der Waals surface area contributed by atoms with E-state index in [9.17, 15) is 0 Å². The van der Waals surface area contributed by atoms with Gasteiger partial charge in [-0.05, 0) is 47.0 Å². The molecule has 51 heavy (non-hydrogen) atoms. The number of thiophene rings is 1. The number of benzene rings is 7. The second-order valence-corrected chi connectivity index (χ2v) is 14.1. The molecule has 0 bridgehead atoms. The molecule has 0 aliphatic carbocycles. The van der Waals surface area contributed by atoms with E-state index >= 15 is 0 Å². The van der Waals surface area contributed by atoms with Gasteiger partial charge in [-0.3, -0.25) is 0 Å². The van der Waals surface area contributed by atoms with Crippen LogP contribution in [0, 0.1) is 0 Å². The van der Waals surface area contributed by atoms with Gasteiger partial charge in [0, 0.05) is 54.8 Å². The van der Waals surface area contributed by atoms with Crippen LogP contribution in [-0.4, -0.2) is 28.2 Å². The summed E-state index contributed by atoms with van der Waals surface area (Å²) in [6.45, 7) is 0. The van der Waals surface area contributed by atoms with E-state index in [0.29, 0.717) is 0 Å². The van der Waals surface area contributed by atoms with Crippen LogP contribution in [0.4, 0.5) is 0 Å². The van der Waals surface area contributed by atoms with Crippen LogP contribution in [0.1, 0.15) is 22.9 Å². The average molecular weight is 673 g/mol. The Bertz CT molecular complexity index is 2810. The van der Waals surface area contributed by atoms with Crippen LogP contribution in [0.15, 0.2) is 180 Å². The first kappa shape index (κ1) is 29.6. The molecule has 1 aliphatic rings. The number of rotatable bonds is 5. The molecule has 1 aliphatic heterocycles. The number of aromatic nitrogens is 1. The van der Waals surface area contributed by atoms with E-state index in [1.807, 2.05) is 35.6 Å². The van der Waals surface area contributed by atoms with Crippen molar-refractivity contribution in [1.82, 2.24) is 9.47 Å². The van der Waals surface area contributed by atoms with Crippen LogP contribution in [0.25, 0.3) is 58.8 Å². The molecule has 3 heterocycles. The highest BCUT2D eigenvalue weighted by Crippen LogP contribution is 2.42. The van der Waals surface area contributed by atoms with Crippen LogP contribution in [0.2, 0.25) is 0 Å². The lowest BCUT2D eigenvalue weighted by molar-refractivity contribution is 0.383. The van der Waals surface area contributed by atoms with Crippen LogP contribution in [0.3, 0.4) is 0 Å². The number of aliphatic imine (C=N–C) groups is 2. The number of hydrogen-bond donors (Lipinski definition) is 0. The van der Waals surface area contributed by atoms with Crippen molar-refractivity contribution in [2.75, 3.05) is 7.05 Å². The molecule has 10 rings (SSSR count). The average Bonchev–Trinajstić information content (AvgIpc) is 3.74. The predicted octanol–water partition coefficient (Wildman–Crippen LogP) is 11.7. The molecule has 1 unspecified atom stereocenters. The molecule has 0 amide bonds. The molecule has 242 valence electrons. The number of fused-ring (bicyclic) bond motifs is 6. The highest BCUT2D eigenvalue weighted by Gasteiger charge is 2.27. The predicted molar refractivity (Wildman–Crippen MR) is 216 cm³/mol. The van der Waals surface area contributed by atoms with Gasteiger partial charge in [0.25, 0.3) is 0 Å². The number of amidine groups is 2. The third-order valence-electron chi connectivity index (χ3n) is 10.1. The zero-order valence-corrected chi connectivity index (χ0v) is 28.8. The van der Waals surface area contributed by atoms with Gasteiger partial charge in [0.2, 0.25) is 0 Å². The minimum absolute atomic E-state index is 0.228. The molecular formula is C46H32N4S. The summed E-state index contributed by atoms with van der Waals surface area (Å²) >= 11 is 1.88. The molecule has 0 saturated heterocycles. The zero-order valence-electron chi connectivity index (χ0n) is 27.9. The first-order valence-corrected chi connectivity index (χ1v) is 18.1. The second kappa shape index (κ2) is 11.9. The maximum absolute atomic E-state index is 5.21. The van der Waals surface area contributed by atoms with Crippen molar-refractivity contribution in [3.63, 3.8) is 0 Å². The van der Waals surface area contributed by atoms with E-state index in [-0.39, 0.29) is 6.17 Å². The normalized spacial score (nSPS) is 14.8. The van der Waals surface area contributed by atoms with Crippen molar-refractivity contribution < 1.29 is 0 Å². The second-order valence-electron chi connectivity index (χ2n) is 13.1. The Kier molecular flexibility index (Phi) is 6.93. The standard InChI is InChI=1S/C46H32N4S/c1-49-45(31-15-6-3-7-16-31)47-44(30-13-4-2-5-14-30)48-46(49)32-23-26-34(27-24-32)50-40-21-10-8-17-36(40)37-28-25-33(29-41(37)50)35-19-12-20-39-38-18-9-11-22-42(38)51-43(35)39/h2-29,46H,1H3. The summed E-state index contributed by atoms with van der Waals surface area (Å²) < 4.78 is 5.06. The molecule has 4 nitrogen and oxygen atoms in total. The van der Waals surface area contributed by atoms with E-state index < -0.39 is 0 Å². The van der Waals surface area contributed by atoms with Gasteiger partial charge in [0.05, 0.1) is 11.0 Å². The first-order valence-electron chi connectivity index (χ1n) is 17.3. The first-order chi connectivity index (χ1) is 25.2. The maximum atomic E-state index is 5.21. The van der Waals surface area contributed by atoms with Gasteiger partial charge < -0.3 is 9.47 Å². The Morgan fingerprint density at radius 1 is 0.529 bits per heavy atom. The molecular weight excluding hydrogens is 641 g/mol. The monoisotopic (exact) mass is 672 g/mol.